The summed E-state index contributed by atoms with van der Waals surface area (Å²) in [7, 11) is 1.61. The molecule has 1 N–H and O–H groups in total. The van der Waals surface area contributed by atoms with E-state index in [0.29, 0.717) is 12.4 Å². The van der Waals surface area contributed by atoms with Gasteiger partial charge in [0.05, 0.1) is 26.0 Å². The maximum Gasteiger partial charge on any atom is 0.258 e. The molecular formula is C21H26N4O4. The molecule has 2 aliphatic heterocycles. The number of piperidine rings is 1. The molecule has 0 saturated carbocycles. The number of nitrogens with one attached hydrogen (secondary N) is 1. The van der Waals surface area contributed by atoms with Crippen LogP contribution < -0.4 is 19.7 Å². The molecule has 1 saturated heterocycles. The largest absolute Gasteiger partial charge is 0.497 e. The van der Waals surface area contributed by atoms with E-state index in [1.54, 1.807) is 31.4 Å². The second-order valence-electron chi connectivity index (χ2n) is 7.24. The summed E-state index contributed by atoms with van der Waals surface area (Å²) in [6.45, 7) is 2.96. The Hall–Kier alpha value is -2.87. The Kier molecular flexibility index (Phi) is 6.09. The Morgan fingerprint density at radius 3 is 2.76 bits per heavy atom. The fraction of sp³-hybridized carbons (Fsp3) is 0.476. The highest BCUT2D eigenvalue weighted by Crippen LogP contribution is 2.20. The van der Waals surface area contributed by atoms with Crippen molar-refractivity contribution in [2.24, 2.45) is 0 Å². The van der Waals surface area contributed by atoms with Crippen molar-refractivity contribution in [2.45, 2.75) is 31.9 Å². The zero-order valence-electron chi connectivity index (χ0n) is 16.6. The number of anilines is 1. The Morgan fingerprint density at radius 1 is 1.24 bits per heavy atom. The highest BCUT2D eigenvalue weighted by atomic mass is 16.5. The van der Waals surface area contributed by atoms with E-state index in [4.69, 9.17) is 19.2 Å². The second kappa shape index (κ2) is 9.09. The van der Waals surface area contributed by atoms with Crippen LogP contribution in [0.2, 0.25) is 0 Å². The molecule has 0 atom stereocenters. The molecule has 1 amide bonds. The summed E-state index contributed by atoms with van der Waals surface area (Å²) in [4.78, 5) is 23.6. The van der Waals surface area contributed by atoms with Crippen LogP contribution in [0.15, 0.2) is 30.5 Å². The Labute approximate surface area is 170 Å². The summed E-state index contributed by atoms with van der Waals surface area (Å²) >= 11 is 0. The number of nitrogens with zero attached hydrogens (tertiary/aromatic N) is 3. The van der Waals surface area contributed by atoms with E-state index in [2.05, 4.69) is 15.2 Å². The molecule has 29 heavy (non-hydrogen) atoms. The van der Waals surface area contributed by atoms with Crippen LogP contribution in [0, 0.1) is 0 Å². The van der Waals surface area contributed by atoms with Crippen molar-refractivity contribution in [1.82, 2.24) is 15.3 Å². The molecule has 0 bridgehead atoms. The number of fused-ring (bicyclic) bond motifs is 1. The molecule has 0 spiro atoms. The SMILES string of the molecule is COc1ccc(OCC(=O)NC2CCN(c3ncc4c(n3)CCOC4)CC2)cc1. The number of methoxy groups -OCH3 is 1. The molecule has 1 fully saturated rings. The molecular weight excluding hydrogens is 372 g/mol. The molecule has 2 aromatic rings. The van der Waals surface area contributed by atoms with Crippen LogP contribution in [0.4, 0.5) is 5.95 Å². The molecule has 3 heterocycles. The van der Waals surface area contributed by atoms with E-state index in [9.17, 15) is 4.79 Å². The lowest BCUT2D eigenvalue weighted by Gasteiger charge is -2.32. The van der Waals surface area contributed by atoms with Gasteiger partial charge in [0, 0.05) is 37.3 Å². The zero-order chi connectivity index (χ0) is 20.1. The van der Waals surface area contributed by atoms with E-state index in [-0.39, 0.29) is 18.6 Å². The van der Waals surface area contributed by atoms with Crippen molar-refractivity contribution in [3.8, 4) is 11.5 Å². The zero-order valence-corrected chi connectivity index (χ0v) is 16.6. The molecule has 4 rings (SSSR count). The highest BCUT2D eigenvalue weighted by Gasteiger charge is 2.23. The minimum absolute atomic E-state index is 0.00253. The van der Waals surface area contributed by atoms with Gasteiger partial charge in [0.1, 0.15) is 11.5 Å². The molecule has 2 aliphatic rings. The quantitative estimate of drug-likeness (QED) is 0.793. The van der Waals surface area contributed by atoms with Gasteiger partial charge in [-0.15, -0.1) is 0 Å². The van der Waals surface area contributed by atoms with Crippen LogP contribution in [0.25, 0.3) is 0 Å². The average Bonchev–Trinajstić information content (AvgIpc) is 2.78. The number of amides is 1. The highest BCUT2D eigenvalue weighted by molar-refractivity contribution is 5.77. The minimum atomic E-state index is -0.107. The predicted molar refractivity (Wildman–Crippen MR) is 107 cm³/mol. The monoisotopic (exact) mass is 398 g/mol. The van der Waals surface area contributed by atoms with Gasteiger partial charge in [0.15, 0.2) is 6.61 Å². The molecule has 8 heteroatoms. The normalized spacial score (nSPS) is 16.8. The maximum atomic E-state index is 12.2. The lowest BCUT2D eigenvalue weighted by molar-refractivity contribution is -0.123. The predicted octanol–water partition coefficient (Wildman–Crippen LogP) is 1.72. The van der Waals surface area contributed by atoms with Crippen molar-refractivity contribution in [2.75, 3.05) is 38.3 Å². The number of carbonyl (C=O) groups excluding carboxylic acids is 1. The fourth-order valence-corrected chi connectivity index (χ4v) is 3.59. The minimum Gasteiger partial charge on any atom is -0.497 e. The van der Waals surface area contributed by atoms with Gasteiger partial charge in [0.2, 0.25) is 5.95 Å². The summed E-state index contributed by atoms with van der Waals surface area (Å²) in [5.74, 6) is 2.07. The molecule has 0 unspecified atom stereocenters. The topological polar surface area (TPSA) is 85.8 Å². The van der Waals surface area contributed by atoms with Crippen molar-refractivity contribution >= 4 is 11.9 Å². The first kappa shape index (κ1) is 19.4. The van der Waals surface area contributed by atoms with Crippen LogP contribution in [-0.2, 0) is 22.6 Å². The van der Waals surface area contributed by atoms with Crippen molar-refractivity contribution in [3.05, 3.63) is 41.7 Å². The molecule has 1 aromatic heterocycles. The Morgan fingerprint density at radius 2 is 2.00 bits per heavy atom. The third-order valence-electron chi connectivity index (χ3n) is 5.25. The third kappa shape index (κ3) is 4.95. The second-order valence-corrected chi connectivity index (χ2v) is 7.24. The summed E-state index contributed by atoms with van der Waals surface area (Å²) in [5, 5.41) is 3.06. The van der Waals surface area contributed by atoms with E-state index >= 15 is 0 Å². The van der Waals surface area contributed by atoms with Crippen molar-refractivity contribution in [1.29, 1.82) is 0 Å². The first-order valence-corrected chi connectivity index (χ1v) is 9.95. The summed E-state index contributed by atoms with van der Waals surface area (Å²) in [6.07, 6.45) is 4.43. The molecule has 8 nitrogen and oxygen atoms in total. The summed E-state index contributed by atoms with van der Waals surface area (Å²) in [5.41, 5.74) is 2.17. The number of carbonyl (C=O) groups is 1. The molecule has 0 radical (unpaired) electrons. The van der Waals surface area contributed by atoms with Gasteiger partial charge in [-0.2, -0.15) is 0 Å². The Balaban J connectivity index is 1.22. The third-order valence-corrected chi connectivity index (χ3v) is 5.25. The van der Waals surface area contributed by atoms with E-state index in [0.717, 1.165) is 61.9 Å². The standard InChI is InChI=1S/C21H26N4O4/c1-27-17-2-4-18(5-3-17)29-14-20(26)23-16-6-9-25(10-7-16)21-22-12-15-13-28-11-8-19(15)24-21/h2-5,12,16H,6-11,13-14H2,1H3,(H,23,26). The number of ether oxygens (including phenoxy) is 3. The number of aromatic nitrogens is 2. The van der Waals surface area contributed by atoms with Crippen LogP contribution in [-0.4, -0.2) is 55.3 Å². The molecule has 0 aliphatic carbocycles. The van der Waals surface area contributed by atoms with Gasteiger partial charge in [-0.1, -0.05) is 0 Å². The van der Waals surface area contributed by atoms with Crippen LogP contribution in [0.5, 0.6) is 11.5 Å². The first-order valence-electron chi connectivity index (χ1n) is 9.95. The van der Waals surface area contributed by atoms with Gasteiger partial charge in [-0.05, 0) is 37.1 Å². The summed E-state index contributed by atoms with van der Waals surface area (Å²) in [6, 6.07) is 7.33. The fourth-order valence-electron chi connectivity index (χ4n) is 3.59. The van der Waals surface area contributed by atoms with E-state index in [1.165, 1.54) is 0 Å². The van der Waals surface area contributed by atoms with Crippen LogP contribution in [0.1, 0.15) is 24.1 Å². The lowest BCUT2D eigenvalue weighted by atomic mass is 10.1. The van der Waals surface area contributed by atoms with Crippen LogP contribution >= 0.6 is 0 Å². The van der Waals surface area contributed by atoms with Gasteiger partial charge < -0.3 is 24.4 Å². The van der Waals surface area contributed by atoms with Gasteiger partial charge >= 0.3 is 0 Å². The maximum absolute atomic E-state index is 12.2. The number of hydrogen-bond acceptors (Lipinski definition) is 7. The van der Waals surface area contributed by atoms with E-state index < -0.39 is 0 Å². The first-order chi connectivity index (χ1) is 14.2. The van der Waals surface area contributed by atoms with E-state index in [1.807, 2.05) is 6.20 Å². The smallest absolute Gasteiger partial charge is 0.258 e. The Bertz CT molecular complexity index is 835. The molecule has 154 valence electrons. The van der Waals surface area contributed by atoms with Gasteiger partial charge in [-0.3, -0.25) is 4.79 Å². The van der Waals surface area contributed by atoms with Crippen LogP contribution in [0.3, 0.4) is 0 Å². The average molecular weight is 398 g/mol. The number of rotatable bonds is 6. The van der Waals surface area contributed by atoms with Gasteiger partial charge in [-0.25, -0.2) is 9.97 Å². The summed E-state index contributed by atoms with van der Waals surface area (Å²) < 4.78 is 16.1. The number of hydrogen-bond donors (Lipinski definition) is 1. The van der Waals surface area contributed by atoms with Gasteiger partial charge in [0.25, 0.3) is 5.91 Å². The molecule has 1 aromatic carbocycles. The van der Waals surface area contributed by atoms with Crippen molar-refractivity contribution in [3.63, 3.8) is 0 Å². The lowest BCUT2D eigenvalue weighted by Crippen LogP contribution is -2.46. The number of benzene rings is 1. The van der Waals surface area contributed by atoms with Crippen molar-refractivity contribution < 1.29 is 19.0 Å².